The second kappa shape index (κ2) is 6.47. The van der Waals surface area contributed by atoms with Gasteiger partial charge in [0.05, 0.1) is 17.9 Å². The van der Waals surface area contributed by atoms with E-state index >= 15 is 0 Å². The van der Waals surface area contributed by atoms with Gasteiger partial charge in [-0.25, -0.2) is 0 Å². The molecule has 1 fully saturated rings. The normalized spacial score (nSPS) is 18.1. The van der Waals surface area contributed by atoms with Gasteiger partial charge in [0.25, 0.3) is 0 Å². The zero-order chi connectivity index (χ0) is 15.6. The van der Waals surface area contributed by atoms with Crippen molar-refractivity contribution < 1.29 is 4.79 Å². The molecule has 21 heavy (non-hydrogen) atoms. The molecule has 0 bridgehead atoms. The fourth-order valence-corrected chi connectivity index (χ4v) is 2.64. The first-order chi connectivity index (χ1) is 9.90. The smallest absolute Gasteiger partial charge is 0.239 e. The van der Waals surface area contributed by atoms with E-state index in [1.165, 1.54) is 0 Å². The second-order valence-corrected chi connectivity index (χ2v) is 6.11. The van der Waals surface area contributed by atoms with E-state index in [-0.39, 0.29) is 18.0 Å². The van der Waals surface area contributed by atoms with Gasteiger partial charge in [0, 0.05) is 52.5 Å². The first-order valence-corrected chi connectivity index (χ1v) is 7.64. The van der Waals surface area contributed by atoms with Gasteiger partial charge >= 0.3 is 0 Å². The van der Waals surface area contributed by atoms with Crippen molar-refractivity contribution in [2.45, 2.75) is 32.9 Å². The molecule has 1 aliphatic rings. The van der Waals surface area contributed by atoms with Gasteiger partial charge in [-0.2, -0.15) is 5.10 Å². The first-order valence-electron chi connectivity index (χ1n) is 7.64. The lowest BCUT2D eigenvalue weighted by atomic mass is 10.2. The van der Waals surface area contributed by atoms with Crippen molar-refractivity contribution >= 4 is 11.6 Å². The Labute approximate surface area is 127 Å². The van der Waals surface area contributed by atoms with Crippen molar-refractivity contribution in [2.75, 3.05) is 38.1 Å². The summed E-state index contributed by atoms with van der Waals surface area (Å²) in [6, 6.07) is 0.199. The maximum Gasteiger partial charge on any atom is 0.239 e. The summed E-state index contributed by atoms with van der Waals surface area (Å²) in [5.41, 5.74) is 1.16. The number of carbonyl (C=O) groups is 1. The Balaban J connectivity index is 1.90. The molecule has 6 heteroatoms. The van der Waals surface area contributed by atoms with Crippen molar-refractivity contribution in [3.63, 3.8) is 0 Å². The molecule has 2 heterocycles. The van der Waals surface area contributed by atoms with E-state index in [0.29, 0.717) is 0 Å². The molecular formula is C15H27N5O. The molecule has 0 N–H and O–H groups in total. The molecular weight excluding hydrogens is 266 g/mol. The molecule has 0 aliphatic carbocycles. The Morgan fingerprint density at radius 3 is 2.33 bits per heavy atom. The molecule has 0 unspecified atom stereocenters. The fourth-order valence-electron chi connectivity index (χ4n) is 2.64. The Hall–Kier alpha value is -1.56. The van der Waals surface area contributed by atoms with Gasteiger partial charge in [-0.05, 0) is 20.8 Å². The van der Waals surface area contributed by atoms with Crippen molar-refractivity contribution in [2.24, 2.45) is 7.05 Å². The summed E-state index contributed by atoms with van der Waals surface area (Å²) in [6.45, 7) is 9.81. The Morgan fingerprint density at radius 1 is 1.24 bits per heavy atom. The molecule has 0 radical (unpaired) electrons. The molecule has 1 amide bonds. The van der Waals surface area contributed by atoms with Gasteiger partial charge in [0.15, 0.2) is 0 Å². The number of hydrogen-bond donors (Lipinski definition) is 0. The molecule has 2 rings (SSSR count). The minimum Gasteiger partial charge on any atom is -0.366 e. The predicted octanol–water partition coefficient (Wildman–Crippen LogP) is 0.797. The molecule has 1 aliphatic heterocycles. The van der Waals surface area contributed by atoms with Gasteiger partial charge < -0.3 is 9.80 Å². The fraction of sp³-hybridized carbons (Fsp3) is 0.733. The predicted molar refractivity (Wildman–Crippen MR) is 84.4 cm³/mol. The Morgan fingerprint density at radius 2 is 1.86 bits per heavy atom. The standard InChI is InChI=1S/C15H27N5O/c1-12(2)18(5)15(21)13(3)19-6-8-20(9-7-19)14-10-16-17(4)11-14/h10-13H,6-9H2,1-5H3/t13-/m0/s1. The number of hydrogen-bond acceptors (Lipinski definition) is 4. The topological polar surface area (TPSA) is 44.6 Å². The molecule has 0 spiro atoms. The maximum atomic E-state index is 12.4. The van der Waals surface area contributed by atoms with E-state index in [1.54, 1.807) is 0 Å². The van der Waals surface area contributed by atoms with Crippen LogP contribution in [0.4, 0.5) is 5.69 Å². The van der Waals surface area contributed by atoms with Crippen LogP contribution in [0, 0.1) is 0 Å². The van der Waals surface area contributed by atoms with E-state index in [0.717, 1.165) is 31.9 Å². The van der Waals surface area contributed by atoms with Crippen LogP contribution in [-0.2, 0) is 11.8 Å². The molecule has 118 valence electrons. The maximum absolute atomic E-state index is 12.4. The minimum absolute atomic E-state index is 0.0477. The number of carbonyl (C=O) groups excluding carboxylic acids is 1. The summed E-state index contributed by atoms with van der Waals surface area (Å²) in [6.07, 6.45) is 3.94. The molecule has 1 aromatic rings. The van der Waals surface area contributed by atoms with Crippen LogP contribution >= 0.6 is 0 Å². The van der Waals surface area contributed by atoms with Crippen LogP contribution in [0.2, 0.25) is 0 Å². The zero-order valence-electron chi connectivity index (χ0n) is 13.8. The van der Waals surface area contributed by atoms with Gasteiger partial charge in [-0.1, -0.05) is 0 Å². The second-order valence-electron chi connectivity index (χ2n) is 6.11. The molecule has 1 aromatic heterocycles. The highest BCUT2D eigenvalue weighted by Crippen LogP contribution is 2.16. The molecule has 0 aromatic carbocycles. The third-order valence-corrected chi connectivity index (χ3v) is 4.40. The van der Waals surface area contributed by atoms with Crippen LogP contribution < -0.4 is 4.90 Å². The van der Waals surface area contributed by atoms with E-state index in [9.17, 15) is 4.79 Å². The van der Waals surface area contributed by atoms with Crippen LogP contribution in [0.1, 0.15) is 20.8 Å². The largest absolute Gasteiger partial charge is 0.366 e. The van der Waals surface area contributed by atoms with Crippen LogP contribution in [0.5, 0.6) is 0 Å². The van der Waals surface area contributed by atoms with Crippen LogP contribution in [-0.4, -0.2) is 70.8 Å². The number of nitrogens with zero attached hydrogens (tertiary/aromatic N) is 5. The van der Waals surface area contributed by atoms with Crippen molar-refractivity contribution in [1.82, 2.24) is 19.6 Å². The van der Waals surface area contributed by atoms with Crippen LogP contribution in [0.3, 0.4) is 0 Å². The summed E-state index contributed by atoms with van der Waals surface area (Å²) >= 11 is 0. The van der Waals surface area contributed by atoms with E-state index in [1.807, 2.05) is 56.8 Å². The summed E-state index contributed by atoms with van der Waals surface area (Å²) in [7, 11) is 3.82. The van der Waals surface area contributed by atoms with Gasteiger partial charge in [0.2, 0.25) is 5.91 Å². The lowest BCUT2D eigenvalue weighted by molar-refractivity contribution is -0.136. The third-order valence-electron chi connectivity index (χ3n) is 4.40. The Bertz CT molecular complexity index is 476. The lowest BCUT2D eigenvalue weighted by Gasteiger charge is -2.39. The SMILES string of the molecule is CC(C)N(C)C(=O)[C@H](C)N1CCN(c2cnn(C)c2)CC1. The summed E-state index contributed by atoms with van der Waals surface area (Å²) in [5.74, 6) is 0.208. The number of likely N-dealkylation sites (N-methyl/N-ethyl adjacent to an activating group) is 1. The summed E-state index contributed by atoms with van der Waals surface area (Å²) in [4.78, 5) is 18.8. The van der Waals surface area contributed by atoms with Gasteiger partial charge in [0.1, 0.15) is 0 Å². The number of aryl methyl sites for hydroxylation is 1. The third kappa shape index (κ3) is 3.56. The number of piperazine rings is 1. The summed E-state index contributed by atoms with van der Waals surface area (Å²) < 4.78 is 1.82. The first kappa shape index (κ1) is 15.8. The average Bonchev–Trinajstić information content (AvgIpc) is 2.91. The molecule has 0 saturated carbocycles. The van der Waals surface area contributed by atoms with Gasteiger partial charge in [-0.15, -0.1) is 0 Å². The van der Waals surface area contributed by atoms with Crippen molar-refractivity contribution in [3.8, 4) is 0 Å². The molecule has 1 atom stereocenters. The highest BCUT2D eigenvalue weighted by atomic mass is 16.2. The number of rotatable bonds is 4. The minimum atomic E-state index is -0.0477. The number of amides is 1. The highest BCUT2D eigenvalue weighted by Gasteiger charge is 2.28. The molecule has 1 saturated heterocycles. The quantitative estimate of drug-likeness (QED) is 0.823. The van der Waals surface area contributed by atoms with E-state index in [2.05, 4.69) is 14.9 Å². The van der Waals surface area contributed by atoms with Crippen molar-refractivity contribution in [1.29, 1.82) is 0 Å². The Kier molecular flexibility index (Phi) is 4.88. The average molecular weight is 293 g/mol. The van der Waals surface area contributed by atoms with Gasteiger partial charge in [-0.3, -0.25) is 14.4 Å². The van der Waals surface area contributed by atoms with Crippen LogP contribution in [0.25, 0.3) is 0 Å². The van der Waals surface area contributed by atoms with E-state index in [4.69, 9.17) is 0 Å². The number of aromatic nitrogens is 2. The zero-order valence-corrected chi connectivity index (χ0v) is 13.8. The monoisotopic (exact) mass is 293 g/mol. The number of anilines is 1. The summed E-state index contributed by atoms with van der Waals surface area (Å²) in [5, 5.41) is 4.22. The molecule has 6 nitrogen and oxygen atoms in total. The lowest BCUT2D eigenvalue weighted by Crippen LogP contribution is -2.54. The van der Waals surface area contributed by atoms with Crippen molar-refractivity contribution in [3.05, 3.63) is 12.4 Å². The highest BCUT2D eigenvalue weighted by molar-refractivity contribution is 5.81. The van der Waals surface area contributed by atoms with E-state index < -0.39 is 0 Å². The van der Waals surface area contributed by atoms with Crippen LogP contribution in [0.15, 0.2) is 12.4 Å².